The predicted molar refractivity (Wildman–Crippen MR) is 130 cm³/mol. The summed E-state index contributed by atoms with van der Waals surface area (Å²) in [7, 11) is 0. The summed E-state index contributed by atoms with van der Waals surface area (Å²) >= 11 is 3.34. The van der Waals surface area contributed by atoms with E-state index in [1.54, 1.807) is 29.6 Å². The largest absolute Gasteiger partial charge is 0.356 e. The molecule has 0 radical (unpaired) electrons. The number of nitrogens with zero attached hydrogens (tertiary/aromatic N) is 3. The van der Waals surface area contributed by atoms with Gasteiger partial charge >= 0.3 is 0 Å². The van der Waals surface area contributed by atoms with Crippen LogP contribution in [0.25, 0.3) is 32.7 Å². The Morgan fingerprint density at radius 1 is 1.16 bits per heavy atom. The molecule has 1 saturated heterocycles. The van der Waals surface area contributed by atoms with Gasteiger partial charge in [0, 0.05) is 48.4 Å². The summed E-state index contributed by atoms with van der Waals surface area (Å²) in [5.74, 6) is 2.25. The van der Waals surface area contributed by atoms with Crippen LogP contribution in [0.4, 0.5) is 5.82 Å². The molecule has 7 heteroatoms. The molecular weight excluding hydrogens is 424 g/mol. The highest BCUT2D eigenvalue weighted by Gasteiger charge is 2.25. The summed E-state index contributed by atoms with van der Waals surface area (Å²) in [4.78, 5) is 24.9. The normalized spacial score (nSPS) is 16.5. The van der Waals surface area contributed by atoms with Gasteiger partial charge in [0.15, 0.2) is 5.82 Å². The van der Waals surface area contributed by atoms with E-state index < -0.39 is 0 Å². The smallest absolute Gasteiger partial charge is 0.216 e. The highest BCUT2D eigenvalue weighted by Crippen LogP contribution is 2.40. The molecule has 1 amide bonds. The van der Waals surface area contributed by atoms with Gasteiger partial charge in [-0.2, -0.15) is 11.3 Å². The van der Waals surface area contributed by atoms with Crippen LogP contribution in [-0.2, 0) is 4.79 Å². The molecule has 5 nitrogen and oxygen atoms in total. The van der Waals surface area contributed by atoms with Gasteiger partial charge in [0.2, 0.25) is 5.91 Å². The van der Waals surface area contributed by atoms with Crippen LogP contribution in [0.5, 0.6) is 0 Å². The van der Waals surface area contributed by atoms with Gasteiger partial charge in [-0.1, -0.05) is 30.3 Å². The third-order valence-corrected chi connectivity index (χ3v) is 7.29. The maximum Gasteiger partial charge on any atom is 0.216 e. The zero-order valence-corrected chi connectivity index (χ0v) is 19.0. The maximum absolute atomic E-state index is 11.4. The fourth-order valence-corrected chi connectivity index (χ4v) is 5.79. The molecule has 0 spiro atoms. The Balaban J connectivity index is 1.60. The molecule has 158 valence electrons. The second-order valence-corrected chi connectivity index (χ2v) is 9.61. The van der Waals surface area contributed by atoms with Gasteiger partial charge < -0.3 is 10.2 Å². The van der Waals surface area contributed by atoms with Crippen molar-refractivity contribution in [3.63, 3.8) is 0 Å². The van der Waals surface area contributed by atoms with E-state index in [9.17, 15) is 4.79 Å². The van der Waals surface area contributed by atoms with Crippen LogP contribution in [0.3, 0.4) is 0 Å². The summed E-state index contributed by atoms with van der Waals surface area (Å²) in [6.07, 6.45) is 2.21. The van der Waals surface area contributed by atoms with Crippen LogP contribution >= 0.6 is 22.7 Å². The van der Waals surface area contributed by atoms with Crippen molar-refractivity contribution < 1.29 is 4.79 Å². The molecule has 0 saturated carbocycles. The van der Waals surface area contributed by atoms with Gasteiger partial charge in [-0.25, -0.2) is 9.97 Å². The zero-order valence-electron chi connectivity index (χ0n) is 17.4. The average Bonchev–Trinajstić information content (AvgIpc) is 3.48. The van der Waals surface area contributed by atoms with Crippen LogP contribution in [0.2, 0.25) is 0 Å². The van der Waals surface area contributed by atoms with Crippen LogP contribution in [0.1, 0.15) is 19.8 Å². The first-order chi connectivity index (χ1) is 15.2. The molecule has 0 aliphatic carbocycles. The van der Waals surface area contributed by atoms with Gasteiger partial charge in [0.05, 0.1) is 5.39 Å². The van der Waals surface area contributed by atoms with Gasteiger partial charge in [-0.15, -0.1) is 11.3 Å². The Hall–Kier alpha value is -2.77. The summed E-state index contributed by atoms with van der Waals surface area (Å²) in [6.45, 7) is 4.15. The Morgan fingerprint density at radius 2 is 2.03 bits per heavy atom. The number of carbonyl (C=O) groups excluding carboxylic acids is 1. The monoisotopic (exact) mass is 448 g/mol. The lowest BCUT2D eigenvalue weighted by Gasteiger charge is -2.34. The Bertz CT molecular complexity index is 1190. The lowest BCUT2D eigenvalue weighted by molar-refractivity contribution is -0.119. The lowest BCUT2D eigenvalue weighted by atomic mass is 9.97. The first-order valence-electron chi connectivity index (χ1n) is 10.6. The second kappa shape index (κ2) is 8.77. The number of amides is 1. The fourth-order valence-electron chi connectivity index (χ4n) is 4.22. The summed E-state index contributed by atoms with van der Waals surface area (Å²) < 4.78 is 0. The number of thiophene rings is 2. The third kappa shape index (κ3) is 4.20. The minimum Gasteiger partial charge on any atom is -0.356 e. The number of piperidine rings is 1. The van der Waals surface area contributed by atoms with Gasteiger partial charge in [0.25, 0.3) is 0 Å². The molecule has 31 heavy (non-hydrogen) atoms. The van der Waals surface area contributed by atoms with E-state index in [4.69, 9.17) is 9.97 Å². The predicted octanol–water partition coefficient (Wildman–Crippen LogP) is 5.44. The number of hydrogen-bond acceptors (Lipinski definition) is 6. The minimum atomic E-state index is 0.0329. The van der Waals surface area contributed by atoms with Crippen LogP contribution in [0.15, 0.2) is 52.5 Å². The summed E-state index contributed by atoms with van der Waals surface area (Å²) in [5.41, 5.74) is 3.44. The number of fused-ring (bicyclic) bond motifs is 1. The van der Waals surface area contributed by atoms with Crippen LogP contribution in [-0.4, -0.2) is 35.5 Å². The van der Waals surface area contributed by atoms with Gasteiger partial charge in [0.1, 0.15) is 10.6 Å². The molecular formula is C24H24N4OS2. The maximum atomic E-state index is 11.4. The van der Waals surface area contributed by atoms with E-state index in [0.717, 1.165) is 53.4 Å². The number of hydrogen-bond donors (Lipinski definition) is 1. The number of anilines is 1. The second-order valence-electron chi connectivity index (χ2n) is 7.97. The van der Waals surface area contributed by atoms with Crippen LogP contribution < -0.4 is 10.2 Å². The van der Waals surface area contributed by atoms with Gasteiger partial charge in [-0.3, -0.25) is 4.79 Å². The topological polar surface area (TPSA) is 58.1 Å². The number of rotatable bonds is 5. The van der Waals surface area contributed by atoms with E-state index in [2.05, 4.69) is 56.7 Å². The molecule has 4 aromatic rings. The SMILES string of the molecule is CC(=O)NCC1CCCN(c2nc(-c3ccsc3)nc3scc(-c4ccccc4)c23)C1. The molecule has 1 aromatic carbocycles. The molecule has 1 atom stereocenters. The van der Waals surface area contributed by atoms with Crippen molar-refractivity contribution in [1.82, 2.24) is 15.3 Å². The first-order valence-corrected chi connectivity index (χ1v) is 12.4. The number of carbonyl (C=O) groups is 1. The van der Waals surface area contributed by atoms with E-state index in [0.29, 0.717) is 12.5 Å². The summed E-state index contributed by atoms with van der Waals surface area (Å²) in [6, 6.07) is 12.6. The van der Waals surface area contributed by atoms with E-state index >= 15 is 0 Å². The molecule has 1 aliphatic heterocycles. The van der Waals surface area contributed by atoms with Crippen molar-refractivity contribution in [2.75, 3.05) is 24.5 Å². The van der Waals surface area contributed by atoms with E-state index in [1.165, 1.54) is 11.1 Å². The first kappa shape index (κ1) is 20.2. The molecule has 1 aliphatic rings. The van der Waals surface area contributed by atoms with Crippen molar-refractivity contribution in [2.24, 2.45) is 5.92 Å². The summed E-state index contributed by atoms with van der Waals surface area (Å²) in [5, 5.41) is 10.5. The average molecular weight is 449 g/mol. The number of benzene rings is 1. The van der Waals surface area contributed by atoms with Crippen molar-refractivity contribution in [1.29, 1.82) is 0 Å². The quantitative estimate of drug-likeness (QED) is 0.442. The molecule has 1 unspecified atom stereocenters. The fraction of sp³-hybridized carbons (Fsp3) is 0.292. The third-order valence-electron chi connectivity index (χ3n) is 5.74. The van der Waals surface area contributed by atoms with E-state index in [1.807, 2.05) is 6.07 Å². The highest BCUT2D eigenvalue weighted by atomic mass is 32.1. The van der Waals surface area contributed by atoms with Crippen molar-refractivity contribution in [3.8, 4) is 22.5 Å². The minimum absolute atomic E-state index is 0.0329. The molecule has 1 N–H and O–H groups in total. The van der Waals surface area contributed by atoms with Crippen molar-refractivity contribution >= 4 is 44.6 Å². The Labute approximate surface area is 189 Å². The molecule has 3 aromatic heterocycles. The molecule has 4 heterocycles. The molecule has 5 rings (SSSR count). The van der Waals surface area contributed by atoms with Crippen LogP contribution in [0, 0.1) is 5.92 Å². The number of aromatic nitrogens is 2. The Morgan fingerprint density at radius 3 is 2.81 bits per heavy atom. The highest BCUT2D eigenvalue weighted by molar-refractivity contribution is 7.17. The molecule has 1 fully saturated rings. The lowest BCUT2D eigenvalue weighted by Crippen LogP contribution is -2.41. The van der Waals surface area contributed by atoms with E-state index in [-0.39, 0.29) is 5.91 Å². The Kier molecular flexibility index (Phi) is 5.70. The van der Waals surface area contributed by atoms with Crippen molar-refractivity contribution in [3.05, 3.63) is 52.5 Å². The number of nitrogens with one attached hydrogen (secondary N) is 1. The van der Waals surface area contributed by atoms with Gasteiger partial charge in [-0.05, 0) is 35.8 Å². The molecule has 0 bridgehead atoms. The zero-order chi connectivity index (χ0) is 21.2. The van der Waals surface area contributed by atoms with Crippen molar-refractivity contribution in [2.45, 2.75) is 19.8 Å². The standard InChI is InChI=1S/C24H24N4OS2/c1-16(29)25-12-17-6-5-10-28(13-17)23-21-20(18-7-3-2-4-8-18)15-31-24(21)27-22(26-23)19-9-11-30-14-19/h2-4,7-9,11,14-15,17H,5-6,10,12-13H2,1H3,(H,25,29).